The molecule has 9 heteroatoms. The van der Waals surface area contributed by atoms with Gasteiger partial charge in [0.15, 0.2) is 0 Å². The predicted molar refractivity (Wildman–Crippen MR) is 85.2 cm³/mol. The molecule has 0 bridgehead atoms. The minimum Gasteiger partial charge on any atom is -0.406 e. The van der Waals surface area contributed by atoms with Gasteiger partial charge in [0.1, 0.15) is 11.8 Å². The van der Waals surface area contributed by atoms with Crippen molar-refractivity contribution in [3.63, 3.8) is 0 Å². The first-order valence-corrected chi connectivity index (χ1v) is 7.57. The van der Waals surface area contributed by atoms with Crippen molar-refractivity contribution in [1.82, 2.24) is 10.2 Å². The third kappa shape index (κ3) is 5.54. The van der Waals surface area contributed by atoms with Gasteiger partial charge in [-0.25, -0.2) is 0 Å². The zero-order valence-electron chi connectivity index (χ0n) is 16.5. The van der Waals surface area contributed by atoms with Gasteiger partial charge in [0, 0.05) is 48.9 Å². The summed E-state index contributed by atoms with van der Waals surface area (Å²) in [6.07, 6.45) is -4.78. The number of piperazine rings is 1. The zero-order valence-corrected chi connectivity index (χ0v) is 13.5. The molecule has 0 unspecified atom stereocenters. The Hall–Kier alpha value is -2.45. The highest BCUT2D eigenvalue weighted by Gasteiger charge is 2.31. The summed E-state index contributed by atoms with van der Waals surface area (Å²) in [7, 11) is 0. The third-order valence-corrected chi connectivity index (χ3v) is 3.73. The summed E-state index contributed by atoms with van der Waals surface area (Å²) in [6.45, 7) is -0.163. The molecule has 0 saturated carbocycles. The maximum absolute atomic E-state index is 12.4. The molecule has 1 aromatic rings. The number of benzene rings is 1. The van der Waals surface area contributed by atoms with Crippen LogP contribution in [-0.2, 0) is 9.59 Å². The van der Waals surface area contributed by atoms with Crippen molar-refractivity contribution in [2.45, 2.75) is 26.2 Å². The van der Waals surface area contributed by atoms with Gasteiger partial charge < -0.3 is 19.9 Å². The van der Waals surface area contributed by atoms with Crippen molar-refractivity contribution in [3.8, 4) is 5.75 Å². The molecule has 6 nitrogen and oxygen atoms in total. The Kier molecular flexibility index (Phi) is 4.53. The van der Waals surface area contributed by atoms with Crippen molar-refractivity contribution in [1.29, 1.82) is 0 Å². The molecule has 0 radical (unpaired) electrons. The standard InChI is InChI=1S/C16H20F3N3O3/c1-11(20-12(2)23)15(24)22-8-6-21(7-9-22)13-4-3-5-14(10-13)25-16(17,18)19/h3-5,10-11H,6-9H2,1-2H3,(H,20,23)/t11-/m1/s1/i2D3. The van der Waals surface area contributed by atoms with Gasteiger partial charge in [-0.1, -0.05) is 6.07 Å². The van der Waals surface area contributed by atoms with Gasteiger partial charge >= 0.3 is 6.36 Å². The number of halogens is 3. The van der Waals surface area contributed by atoms with Gasteiger partial charge in [-0.05, 0) is 19.1 Å². The summed E-state index contributed by atoms with van der Waals surface area (Å²) in [4.78, 5) is 27.1. The van der Waals surface area contributed by atoms with Crippen molar-refractivity contribution < 1.29 is 31.6 Å². The first-order chi connectivity index (χ1) is 12.9. The summed E-state index contributed by atoms with van der Waals surface area (Å²) in [6, 6.07) is 4.55. The fourth-order valence-corrected chi connectivity index (χ4v) is 2.59. The first kappa shape index (κ1) is 14.9. The number of ether oxygens (including phenoxy) is 1. The Balaban J connectivity index is 1.93. The molecule has 2 rings (SSSR count). The van der Waals surface area contributed by atoms with Crippen LogP contribution in [0.25, 0.3) is 0 Å². The Morgan fingerprint density at radius 3 is 2.56 bits per heavy atom. The molecule has 1 N–H and O–H groups in total. The van der Waals surface area contributed by atoms with Crippen LogP contribution >= 0.6 is 0 Å². The highest BCUT2D eigenvalue weighted by atomic mass is 19.4. The number of nitrogens with zero attached hydrogens (tertiary/aromatic N) is 2. The monoisotopic (exact) mass is 362 g/mol. The van der Waals surface area contributed by atoms with Crippen LogP contribution in [0, 0.1) is 0 Å². The number of anilines is 1. The molecule has 1 aliphatic rings. The van der Waals surface area contributed by atoms with E-state index in [4.69, 9.17) is 4.11 Å². The number of nitrogens with one attached hydrogen (secondary N) is 1. The second-order valence-electron chi connectivity index (χ2n) is 5.55. The Morgan fingerprint density at radius 1 is 1.28 bits per heavy atom. The minimum atomic E-state index is -4.78. The van der Waals surface area contributed by atoms with Crippen LogP contribution in [0.4, 0.5) is 18.9 Å². The molecule has 1 aromatic carbocycles. The normalized spacial score (nSPS) is 18.6. The SMILES string of the molecule is [2H]C([2H])([2H])C(=O)N[C@H](C)C(=O)N1CCN(c2cccc(OC(F)(F)F)c2)CC1. The van der Waals surface area contributed by atoms with Crippen LogP contribution in [0.1, 0.15) is 17.9 Å². The summed E-state index contributed by atoms with van der Waals surface area (Å²) < 4.78 is 62.0. The smallest absolute Gasteiger partial charge is 0.406 e. The van der Waals surface area contributed by atoms with E-state index in [0.29, 0.717) is 18.8 Å². The number of carbonyl (C=O) groups excluding carboxylic acids is 2. The lowest BCUT2D eigenvalue weighted by Crippen LogP contribution is -2.54. The maximum Gasteiger partial charge on any atom is 0.573 e. The van der Waals surface area contributed by atoms with Gasteiger partial charge in [0.25, 0.3) is 0 Å². The van der Waals surface area contributed by atoms with E-state index in [1.54, 1.807) is 11.0 Å². The van der Waals surface area contributed by atoms with Gasteiger partial charge in [-0.2, -0.15) is 0 Å². The van der Waals surface area contributed by atoms with E-state index in [-0.39, 0.29) is 18.8 Å². The van der Waals surface area contributed by atoms with Crippen LogP contribution in [0.5, 0.6) is 5.75 Å². The molecule has 1 saturated heterocycles. The van der Waals surface area contributed by atoms with Crippen molar-refractivity contribution in [3.05, 3.63) is 24.3 Å². The topological polar surface area (TPSA) is 61.9 Å². The maximum atomic E-state index is 12.4. The molecular formula is C16H20F3N3O3. The summed E-state index contributed by atoms with van der Waals surface area (Å²) in [5.41, 5.74) is 0.526. The molecular weight excluding hydrogens is 339 g/mol. The van der Waals surface area contributed by atoms with E-state index in [1.807, 2.05) is 0 Å². The lowest BCUT2D eigenvalue weighted by molar-refractivity contribution is -0.274. The van der Waals surface area contributed by atoms with Crippen LogP contribution in [0.2, 0.25) is 0 Å². The van der Waals surface area contributed by atoms with Gasteiger partial charge in [-0.15, -0.1) is 13.2 Å². The van der Waals surface area contributed by atoms with Gasteiger partial charge in [0.05, 0.1) is 0 Å². The molecule has 1 fully saturated rings. The molecule has 2 amide bonds. The minimum absolute atomic E-state index is 0.275. The molecule has 1 atom stereocenters. The van der Waals surface area contributed by atoms with E-state index >= 15 is 0 Å². The fourth-order valence-electron chi connectivity index (χ4n) is 2.59. The second kappa shape index (κ2) is 7.62. The second-order valence-corrected chi connectivity index (χ2v) is 5.55. The molecule has 0 spiro atoms. The van der Waals surface area contributed by atoms with Crippen molar-refractivity contribution in [2.24, 2.45) is 0 Å². The average Bonchev–Trinajstić information content (AvgIpc) is 2.59. The highest BCUT2D eigenvalue weighted by Crippen LogP contribution is 2.27. The highest BCUT2D eigenvalue weighted by molar-refractivity contribution is 5.86. The number of rotatable bonds is 4. The average molecular weight is 362 g/mol. The Bertz CT molecular complexity index is 720. The predicted octanol–water partition coefficient (Wildman–Crippen LogP) is 1.76. The molecule has 138 valence electrons. The number of hydrogen-bond acceptors (Lipinski definition) is 4. The quantitative estimate of drug-likeness (QED) is 0.887. The lowest BCUT2D eigenvalue weighted by atomic mass is 10.2. The first-order valence-electron chi connectivity index (χ1n) is 9.07. The van der Waals surface area contributed by atoms with E-state index in [0.717, 1.165) is 0 Å². The van der Waals surface area contributed by atoms with Crippen LogP contribution < -0.4 is 15.0 Å². The van der Waals surface area contributed by atoms with Crippen LogP contribution in [-0.4, -0.2) is 55.3 Å². The number of alkyl halides is 3. The van der Waals surface area contributed by atoms with Gasteiger partial charge in [0.2, 0.25) is 11.8 Å². The van der Waals surface area contributed by atoms with E-state index in [9.17, 15) is 22.8 Å². The van der Waals surface area contributed by atoms with Crippen molar-refractivity contribution in [2.75, 3.05) is 31.1 Å². The molecule has 0 aliphatic carbocycles. The molecule has 1 heterocycles. The fraction of sp³-hybridized carbons (Fsp3) is 0.500. The third-order valence-electron chi connectivity index (χ3n) is 3.73. The summed E-state index contributed by atoms with van der Waals surface area (Å²) in [5, 5.41) is 2.16. The number of hydrogen-bond donors (Lipinski definition) is 1. The van der Waals surface area contributed by atoms with Gasteiger partial charge in [-0.3, -0.25) is 9.59 Å². The largest absolute Gasteiger partial charge is 0.573 e. The number of carbonyl (C=O) groups is 2. The number of amides is 2. The van der Waals surface area contributed by atoms with E-state index < -0.39 is 31.1 Å². The Morgan fingerprint density at radius 2 is 1.96 bits per heavy atom. The lowest BCUT2D eigenvalue weighted by Gasteiger charge is -2.37. The molecule has 25 heavy (non-hydrogen) atoms. The van der Waals surface area contributed by atoms with Crippen molar-refractivity contribution >= 4 is 17.5 Å². The van der Waals surface area contributed by atoms with E-state index in [2.05, 4.69) is 10.1 Å². The Labute approximate surface area is 147 Å². The zero-order chi connectivity index (χ0) is 21.1. The van der Waals surface area contributed by atoms with E-state index in [1.165, 1.54) is 30.0 Å². The molecule has 0 aromatic heterocycles. The van der Waals surface area contributed by atoms with Crippen LogP contribution in [0.3, 0.4) is 0 Å². The van der Waals surface area contributed by atoms with Crippen LogP contribution in [0.15, 0.2) is 24.3 Å². The summed E-state index contributed by atoms with van der Waals surface area (Å²) >= 11 is 0. The molecule has 1 aliphatic heterocycles. The summed E-state index contributed by atoms with van der Waals surface area (Å²) in [5.74, 6) is -1.95.